The summed E-state index contributed by atoms with van der Waals surface area (Å²) < 4.78 is 29.6. The van der Waals surface area contributed by atoms with Crippen LogP contribution in [0.15, 0.2) is 28.8 Å². The van der Waals surface area contributed by atoms with E-state index in [0.717, 1.165) is 6.54 Å². The van der Waals surface area contributed by atoms with Gasteiger partial charge in [-0.15, -0.1) is 0 Å². The predicted molar refractivity (Wildman–Crippen MR) is 76.1 cm³/mol. The van der Waals surface area contributed by atoms with E-state index in [1.54, 1.807) is 25.1 Å². The molecule has 1 fully saturated rings. The molecular formula is C15H18FN3O3. The van der Waals surface area contributed by atoms with Gasteiger partial charge in [-0.05, 0) is 12.1 Å². The van der Waals surface area contributed by atoms with Crippen molar-refractivity contribution in [3.8, 4) is 5.75 Å². The average molecular weight is 307 g/mol. The van der Waals surface area contributed by atoms with Crippen LogP contribution in [-0.4, -0.2) is 47.9 Å². The zero-order valence-electron chi connectivity index (χ0n) is 12.4. The first-order chi connectivity index (χ1) is 10.7. The van der Waals surface area contributed by atoms with E-state index in [2.05, 4.69) is 15.0 Å². The summed E-state index contributed by atoms with van der Waals surface area (Å²) in [5.74, 6) is 1.03. The summed E-state index contributed by atoms with van der Waals surface area (Å²) in [5, 5.41) is 3.89. The maximum atomic E-state index is 13.5. The largest absolute Gasteiger partial charge is 0.489 e. The first-order valence-electron chi connectivity index (χ1n) is 7.24. The first kappa shape index (κ1) is 14.9. The fourth-order valence-corrected chi connectivity index (χ4v) is 2.35. The molecule has 3 rings (SSSR count). The summed E-state index contributed by atoms with van der Waals surface area (Å²) in [5.41, 5.74) is 0. The second-order valence-electron chi connectivity index (χ2n) is 5.11. The van der Waals surface area contributed by atoms with Crippen LogP contribution in [0.5, 0.6) is 5.75 Å². The second-order valence-corrected chi connectivity index (χ2v) is 5.11. The molecule has 0 bridgehead atoms. The number of ether oxygens (including phenoxy) is 2. The third kappa shape index (κ3) is 3.61. The minimum Gasteiger partial charge on any atom is -0.489 e. The van der Waals surface area contributed by atoms with E-state index in [9.17, 15) is 4.39 Å². The van der Waals surface area contributed by atoms with Gasteiger partial charge in [-0.2, -0.15) is 4.98 Å². The number of para-hydroxylation sites is 1. The molecule has 6 nitrogen and oxygen atoms in total. The fourth-order valence-electron chi connectivity index (χ4n) is 2.35. The van der Waals surface area contributed by atoms with Gasteiger partial charge in [0.25, 0.3) is 0 Å². The summed E-state index contributed by atoms with van der Waals surface area (Å²) in [7, 11) is 0. The van der Waals surface area contributed by atoms with Crippen LogP contribution in [0, 0.1) is 12.7 Å². The Balaban J connectivity index is 1.49. The highest BCUT2D eigenvalue weighted by atomic mass is 19.1. The number of hydrogen-bond acceptors (Lipinski definition) is 6. The van der Waals surface area contributed by atoms with Gasteiger partial charge in [0.15, 0.2) is 11.6 Å². The van der Waals surface area contributed by atoms with Crippen molar-refractivity contribution >= 4 is 0 Å². The number of aryl methyl sites for hydroxylation is 1. The first-order valence-corrected chi connectivity index (χ1v) is 7.24. The molecule has 118 valence electrons. The molecule has 2 heterocycles. The summed E-state index contributed by atoms with van der Waals surface area (Å²) in [6.07, 6.45) is -0.195. The molecule has 0 spiro atoms. The lowest BCUT2D eigenvalue weighted by atomic mass is 10.2. The lowest BCUT2D eigenvalue weighted by Crippen LogP contribution is -2.40. The molecule has 1 aliphatic rings. The van der Waals surface area contributed by atoms with Gasteiger partial charge >= 0.3 is 0 Å². The van der Waals surface area contributed by atoms with E-state index in [1.807, 2.05) is 0 Å². The molecule has 0 N–H and O–H groups in total. The standard InChI is InChI=1S/C15H18FN3O3/c1-11-17-15(18-22-11)14-10-19(7-9-21-14)6-8-20-13-5-3-2-4-12(13)16/h2-5,14H,6-10H2,1H3/t14-/m1/s1. The third-order valence-corrected chi connectivity index (χ3v) is 3.48. The molecule has 1 aliphatic heterocycles. The van der Waals surface area contributed by atoms with Gasteiger partial charge < -0.3 is 14.0 Å². The highest BCUT2D eigenvalue weighted by molar-refractivity contribution is 5.23. The summed E-state index contributed by atoms with van der Waals surface area (Å²) in [6, 6.07) is 6.40. The number of halogens is 1. The highest BCUT2D eigenvalue weighted by Gasteiger charge is 2.25. The molecule has 1 aromatic heterocycles. The van der Waals surface area contributed by atoms with Crippen LogP contribution in [-0.2, 0) is 4.74 Å². The summed E-state index contributed by atoms with van der Waals surface area (Å²) >= 11 is 0. The van der Waals surface area contributed by atoms with Gasteiger partial charge in [0.05, 0.1) is 6.61 Å². The van der Waals surface area contributed by atoms with Gasteiger partial charge in [-0.25, -0.2) is 4.39 Å². The molecule has 2 aromatic rings. The zero-order valence-corrected chi connectivity index (χ0v) is 12.4. The van der Waals surface area contributed by atoms with E-state index >= 15 is 0 Å². The van der Waals surface area contributed by atoms with Gasteiger partial charge in [-0.3, -0.25) is 4.90 Å². The number of rotatable bonds is 5. The minimum atomic E-state index is -0.343. The van der Waals surface area contributed by atoms with E-state index < -0.39 is 0 Å². The Morgan fingerprint density at radius 1 is 1.41 bits per heavy atom. The van der Waals surface area contributed by atoms with Crippen molar-refractivity contribution in [3.05, 3.63) is 41.8 Å². The molecule has 22 heavy (non-hydrogen) atoms. The van der Waals surface area contributed by atoms with E-state index in [0.29, 0.717) is 38.0 Å². The van der Waals surface area contributed by atoms with Crippen LogP contribution in [0.4, 0.5) is 4.39 Å². The summed E-state index contributed by atoms with van der Waals surface area (Å²) in [4.78, 5) is 6.38. The smallest absolute Gasteiger partial charge is 0.223 e. The predicted octanol–water partition coefficient (Wildman–Crippen LogP) is 1.97. The van der Waals surface area contributed by atoms with Crippen molar-refractivity contribution in [1.29, 1.82) is 0 Å². The third-order valence-electron chi connectivity index (χ3n) is 3.48. The van der Waals surface area contributed by atoms with Crippen LogP contribution in [0.1, 0.15) is 17.8 Å². The van der Waals surface area contributed by atoms with Crippen molar-refractivity contribution in [2.24, 2.45) is 0 Å². The van der Waals surface area contributed by atoms with E-state index in [-0.39, 0.29) is 17.7 Å². The van der Waals surface area contributed by atoms with E-state index in [1.165, 1.54) is 6.07 Å². The van der Waals surface area contributed by atoms with Crippen molar-refractivity contribution < 1.29 is 18.4 Å². The average Bonchev–Trinajstić information content (AvgIpc) is 2.96. The number of aromatic nitrogens is 2. The van der Waals surface area contributed by atoms with Crippen LogP contribution < -0.4 is 4.74 Å². The fraction of sp³-hybridized carbons (Fsp3) is 0.467. The topological polar surface area (TPSA) is 60.6 Å². The van der Waals surface area contributed by atoms with Gasteiger partial charge in [-0.1, -0.05) is 17.3 Å². The van der Waals surface area contributed by atoms with Crippen molar-refractivity contribution in [2.75, 3.05) is 32.8 Å². The number of benzene rings is 1. The van der Waals surface area contributed by atoms with Crippen molar-refractivity contribution in [1.82, 2.24) is 15.0 Å². The molecule has 1 atom stereocenters. The monoisotopic (exact) mass is 307 g/mol. The summed E-state index contributed by atoms with van der Waals surface area (Å²) in [6.45, 7) is 4.91. The highest BCUT2D eigenvalue weighted by Crippen LogP contribution is 2.20. The normalized spacial score (nSPS) is 19.3. The SMILES string of the molecule is Cc1nc([C@H]2CN(CCOc3ccccc3F)CCO2)no1. The van der Waals surface area contributed by atoms with Gasteiger partial charge in [0.2, 0.25) is 11.7 Å². The quantitative estimate of drug-likeness (QED) is 0.841. The molecule has 0 saturated carbocycles. The van der Waals surface area contributed by atoms with Gasteiger partial charge in [0.1, 0.15) is 12.7 Å². The van der Waals surface area contributed by atoms with Gasteiger partial charge in [0, 0.05) is 26.6 Å². The van der Waals surface area contributed by atoms with Crippen LogP contribution in [0.3, 0.4) is 0 Å². The molecular weight excluding hydrogens is 289 g/mol. The lowest BCUT2D eigenvalue weighted by molar-refractivity contribution is -0.0380. The maximum Gasteiger partial charge on any atom is 0.223 e. The Morgan fingerprint density at radius 2 is 2.27 bits per heavy atom. The van der Waals surface area contributed by atoms with Crippen LogP contribution >= 0.6 is 0 Å². The zero-order chi connectivity index (χ0) is 15.4. The number of morpholine rings is 1. The molecule has 0 amide bonds. The molecule has 0 unspecified atom stereocenters. The Kier molecular flexibility index (Phi) is 4.65. The molecule has 0 aliphatic carbocycles. The Morgan fingerprint density at radius 3 is 3.05 bits per heavy atom. The Hall–Kier alpha value is -1.99. The molecule has 7 heteroatoms. The maximum absolute atomic E-state index is 13.5. The lowest BCUT2D eigenvalue weighted by Gasteiger charge is -2.31. The number of hydrogen-bond donors (Lipinski definition) is 0. The van der Waals surface area contributed by atoms with Crippen molar-refractivity contribution in [3.63, 3.8) is 0 Å². The van der Waals surface area contributed by atoms with Crippen molar-refractivity contribution in [2.45, 2.75) is 13.0 Å². The van der Waals surface area contributed by atoms with Crippen LogP contribution in [0.25, 0.3) is 0 Å². The van der Waals surface area contributed by atoms with Crippen LogP contribution in [0.2, 0.25) is 0 Å². The Labute approximate surface area is 127 Å². The number of nitrogens with zero attached hydrogens (tertiary/aromatic N) is 3. The molecule has 0 radical (unpaired) electrons. The Bertz CT molecular complexity index is 620. The molecule has 1 saturated heterocycles. The van der Waals surface area contributed by atoms with E-state index in [4.69, 9.17) is 14.0 Å². The molecule has 1 aromatic carbocycles. The minimum absolute atomic E-state index is 0.195. The second kappa shape index (κ2) is 6.85.